The Morgan fingerprint density at radius 1 is 1.23 bits per heavy atom. The van der Waals surface area contributed by atoms with E-state index in [-0.39, 0.29) is 18.2 Å². The van der Waals surface area contributed by atoms with Crippen LogP contribution in [0.15, 0.2) is 24.3 Å². The van der Waals surface area contributed by atoms with Gasteiger partial charge in [-0.15, -0.1) is 12.4 Å². The molecule has 1 rings (SSSR count). The predicted octanol–water partition coefficient (Wildman–Crippen LogP) is 1.28. The molecule has 1 aromatic rings. The van der Waals surface area contributed by atoms with E-state index in [0.29, 0.717) is 5.69 Å². The lowest BCUT2D eigenvalue weighted by Gasteiger charge is -1.98. The first-order valence-corrected chi connectivity index (χ1v) is 4.28. The molecule has 0 aliphatic heterocycles. The van der Waals surface area contributed by atoms with Crippen LogP contribution in [0.3, 0.4) is 0 Å². The summed E-state index contributed by atoms with van der Waals surface area (Å²) in [6.07, 6.45) is 0. The van der Waals surface area contributed by atoms with Crippen LogP contribution in [0.5, 0.6) is 5.75 Å². The highest BCUT2D eigenvalue weighted by molar-refractivity contribution is 7.81. The van der Waals surface area contributed by atoms with Crippen molar-refractivity contribution in [2.45, 2.75) is 0 Å². The average molecular weight is 228 g/mol. The van der Waals surface area contributed by atoms with Crippen LogP contribution in [0.1, 0.15) is 0 Å². The van der Waals surface area contributed by atoms with Crippen LogP contribution in [0.4, 0.5) is 9.57 Å². The van der Waals surface area contributed by atoms with Crippen molar-refractivity contribution in [2.75, 3.05) is 5.73 Å². The summed E-state index contributed by atoms with van der Waals surface area (Å²) < 4.78 is 35.7. The van der Waals surface area contributed by atoms with E-state index < -0.39 is 10.5 Å². The molecule has 0 amide bonds. The molecule has 0 saturated carbocycles. The largest absolute Gasteiger partial charge is 0.488 e. The zero-order valence-corrected chi connectivity index (χ0v) is 7.94. The minimum absolute atomic E-state index is 0. The van der Waals surface area contributed by atoms with E-state index in [4.69, 9.17) is 5.73 Å². The fourth-order valence-corrected chi connectivity index (χ4v) is 0.979. The molecule has 0 heterocycles. The number of nitrogen functional groups attached to an aromatic ring is 1. The van der Waals surface area contributed by atoms with E-state index in [1.54, 1.807) is 0 Å². The van der Waals surface area contributed by atoms with Crippen molar-refractivity contribution in [3.63, 3.8) is 0 Å². The second kappa shape index (κ2) is 4.29. The van der Waals surface area contributed by atoms with Gasteiger partial charge in [0.25, 0.3) is 0 Å². The van der Waals surface area contributed by atoms with Crippen molar-refractivity contribution < 1.29 is 16.5 Å². The van der Waals surface area contributed by atoms with E-state index in [0.717, 1.165) is 0 Å². The first kappa shape index (κ1) is 12.0. The maximum absolute atomic E-state index is 11.9. The number of rotatable bonds is 2. The fraction of sp³-hybridized carbons (Fsp3) is 0. The number of hydrogen-bond acceptors (Lipinski definition) is 4. The van der Waals surface area contributed by atoms with E-state index >= 15 is 0 Å². The summed E-state index contributed by atoms with van der Waals surface area (Å²) in [5.74, 6) is -0.105. The quantitative estimate of drug-likeness (QED) is 0.611. The van der Waals surface area contributed by atoms with Gasteiger partial charge in [0.15, 0.2) is 0 Å². The molecule has 0 fully saturated rings. The molecule has 74 valence electrons. The monoisotopic (exact) mass is 227 g/mol. The molecule has 2 N–H and O–H groups in total. The lowest BCUT2D eigenvalue weighted by molar-refractivity contribution is 0.440. The van der Waals surface area contributed by atoms with Crippen LogP contribution in [-0.2, 0) is 10.5 Å². The number of hydrogen-bond donors (Lipinski definition) is 1. The van der Waals surface area contributed by atoms with Crippen LogP contribution in [0, 0.1) is 0 Å². The van der Waals surface area contributed by atoms with E-state index in [1.807, 2.05) is 0 Å². The molecule has 0 unspecified atom stereocenters. The van der Waals surface area contributed by atoms with Crippen molar-refractivity contribution in [1.82, 2.24) is 0 Å². The van der Waals surface area contributed by atoms with Gasteiger partial charge in [0, 0.05) is 5.69 Å². The summed E-state index contributed by atoms with van der Waals surface area (Å²) in [4.78, 5) is 0. The molecule has 7 heteroatoms. The first-order chi connectivity index (χ1) is 5.47. The lowest BCUT2D eigenvalue weighted by Crippen LogP contribution is -2.00. The van der Waals surface area contributed by atoms with Crippen molar-refractivity contribution in [3.8, 4) is 5.75 Å². The Morgan fingerprint density at radius 2 is 1.69 bits per heavy atom. The maximum Gasteiger partial charge on any atom is 0.488 e. The zero-order chi connectivity index (χ0) is 9.19. The van der Waals surface area contributed by atoms with Crippen molar-refractivity contribution in [3.05, 3.63) is 24.3 Å². The Balaban J connectivity index is 0.00000144. The van der Waals surface area contributed by atoms with Crippen molar-refractivity contribution >= 4 is 28.6 Å². The number of nitrogens with two attached hydrogens (primary N) is 1. The third-order valence-corrected chi connectivity index (χ3v) is 1.47. The van der Waals surface area contributed by atoms with Gasteiger partial charge in [-0.3, -0.25) is 0 Å². The number of anilines is 1. The van der Waals surface area contributed by atoms with E-state index in [1.165, 1.54) is 24.3 Å². The van der Waals surface area contributed by atoms with Gasteiger partial charge in [0.2, 0.25) is 0 Å². The molecule has 0 atom stereocenters. The highest BCUT2D eigenvalue weighted by atomic mass is 35.5. The Hall–Kier alpha value is -1.01. The molecule has 1 aromatic carbocycles. The molecule has 0 saturated heterocycles. The average Bonchev–Trinajstić information content (AvgIpc) is 1.91. The van der Waals surface area contributed by atoms with Gasteiger partial charge in [0.05, 0.1) is 0 Å². The maximum atomic E-state index is 11.9. The second-order valence-electron chi connectivity index (χ2n) is 2.05. The Kier molecular flexibility index (Phi) is 3.96. The fourth-order valence-electron chi connectivity index (χ4n) is 0.638. The molecular formula is C6H7ClFNO3S. The first-order valence-electron chi connectivity index (χ1n) is 2.97. The molecular weight excluding hydrogens is 221 g/mol. The SMILES string of the molecule is Cl.Nc1ccc(OS(=O)(=O)F)cc1. The molecule has 4 nitrogen and oxygen atoms in total. The molecule has 0 aliphatic carbocycles. The second-order valence-corrected chi connectivity index (χ2v) is 3.00. The summed E-state index contributed by atoms with van der Waals surface area (Å²) in [6.45, 7) is 0. The van der Waals surface area contributed by atoms with Crippen LogP contribution >= 0.6 is 12.4 Å². The number of halogens is 2. The Bertz CT molecular complexity index is 364. The van der Waals surface area contributed by atoms with Gasteiger partial charge >= 0.3 is 10.5 Å². The van der Waals surface area contributed by atoms with Crippen LogP contribution in [0.25, 0.3) is 0 Å². The van der Waals surface area contributed by atoms with Crippen molar-refractivity contribution in [1.29, 1.82) is 0 Å². The van der Waals surface area contributed by atoms with Gasteiger partial charge < -0.3 is 9.92 Å². The van der Waals surface area contributed by atoms with Crippen molar-refractivity contribution in [2.24, 2.45) is 0 Å². The Morgan fingerprint density at radius 3 is 2.08 bits per heavy atom. The van der Waals surface area contributed by atoms with Gasteiger partial charge in [-0.25, -0.2) is 0 Å². The highest BCUT2D eigenvalue weighted by Gasteiger charge is 2.08. The number of benzene rings is 1. The minimum atomic E-state index is -4.93. The zero-order valence-electron chi connectivity index (χ0n) is 6.31. The summed E-state index contributed by atoms with van der Waals surface area (Å²) in [7, 11) is -4.93. The third kappa shape index (κ3) is 4.54. The van der Waals surface area contributed by atoms with Crippen LogP contribution in [0.2, 0.25) is 0 Å². The van der Waals surface area contributed by atoms with Gasteiger partial charge in [-0.2, -0.15) is 8.42 Å². The van der Waals surface area contributed by atoms with Crippen LogP contribution in [-0.4, -0.2) is 8.42 Å². The molecule has 0 spiro atoms. The molecule has 0 bridgehead atoms. The van der Waals surface area contributed by atoms with Gasteiger partial charge in [-0.1, -0.05) is 3.89 Å². The topological polar surface area (TPSA) is 69.4 Å². The van der Waals surface area contributed by atoms with Gasteiger partial charge in [0.1, 0.15) is 5.75 Å². The summed E-state index contributed by atoms with van der Waals surface area (Å²) >= 11 is 0. The smallest absolute Gasteiger partial charge is 0.399 e. The lowest BCUT2D eigenvalue weighted by atomic mass is 10.3. The summed E-state index contributed by atoms with van der Waals surface area (Å²) in [6, 6.07) is 5.32. The third-order valence-electron chi connectivity index (χ3n) is 1.08. The van der Waals surface area contributed by atoms with Gasteiger partial charge in [-0.05, 0) is 24.3 Å². The standard InChI is InChI=1S/C6H6FNO3S.ClH/c7-12(9,10)11-6-3-1-5(8)2-4-6;/h1-4H,8H2;1H. The summed E-state index contributed by atoms with van der Waals surface area (Å²) in [5, 5.41) is 0. The molecule has 13 heavy (non-hydrogen) atoms. The van der Waals surface area contributed by atoms with E-state index in [9.17, 15) is 12.3 Å². The Labute approximate surface area is 81.3 Å². The van der Waals surface area contributed by atoms with Crippen LogP contribution < -0.4 is 9.92 Å². The normalized spacial score (nSPS) is 10.2. The summed E-state index contributed by atoms with van der Waals surface area (Å²) in [5.41, 5.74) is 5.73. The molecule has 0 aromatic heterocycles. The van der Waals surface area contributed by atoms with E-state index in [2.05, 4.69) is 4.18 Å². The molecule has 0 radical (unpaired) electrons. The highest BCUT2D eigenvalue weighted by Crippen LogP contribution is 2.15. The minimum Gasteiger partial charge on any atom is -0.399 e. The molecule has 0 aliphatic rings. The predicted molar refractivity (Wildman–Crippen MR) is 48.8 cm³/mol.